The van der Waals surface area contributed by atoms with Crippen LogP contribution in [0.5, 0.6) is 11.5 Å². The van der Waals surface area contributed by atoms with Crippen molar-refractivity contribution in [2.75, 3.05) is 75.9 Å². The normalized spacial score (nSPS) is 16.3. The van der Waals surface area contributed by atoms with Crippen molar-refractivity contribution in [3.63, 3.8) is 0 Å². The first kappa shape index (κ1) is 26.8. The molecule has 2 aliphatic rings. The standard InChI is InChI=1S/C28H33ClN6O4/c1-38-25-8-7-21(29)17-24(25)33-11-9-32(10-12-33)19-22-18-26(36)31-28(30-22)35-15-13-34(14-16-35)27(37)20-39-23-5-3-2-4-6-23/h2-8,17-18H,9-16,19-20H2,1H3,(H,30,31,36). The zero-order valence-electron chi connectivity index (χ0n) is 22.0. The zero-order valence-corrected chi connectivity index (χ0v) is 22.8. The molecule has 0 aliphatic carbocycles. The molecule has 1 amide bonds. The Bertz CT molecular complexity index is 1320. The zero-order chi connectivity index (χ0) is 27.2. The smallest absolute Gasteiger partial charge is 0.260 e. The summed E-state index contributed by atoms with van der Waals surface area (Å²) >= 11 is 6.22. The van der Waals surface area contributed by atoms with Crippen LogP contribution in [-0.4, -0.2) is 91.7 Å². The lowest BCUT2D eigenvalue weighted by molar-refractivity contribution is -0.133. The molecule has 2 aliphatic heterocycles. The van der Waals surface area contributed by atoms with E-state index in [1.54, 1.807) is 18.1 Å². The number of amides is 1. The Morgan fingerprint density at radius 3 is 2.38 bits per heavy atom. The molecule has 0 spiro atoms. The first-order valence-corrected chi connectivity index (χ1v) is 13.5. The highest BCUT2D eigenvalue weighted by atomic mass is 35.5. The number of carbonyl (C=O) groups excluding carboxylic acids is 1. The summed E-state index contributed by atoms with van der Waals surface area (Å²) in [6, 6.07) is 16.5. The molecule has 0 unspecified atom stereocenters. The van der Waals surface area contributed by atoms with E-state index in [-0.39, 0.29) is 18.1 Å². The largest absolute Gasteiger partial charge is 0.495 e. The molecule has 0 saturated carbocycles. The second kappa shape index (κ2) is 12.4. The van der Waals surface area contributed by atoms with Crippen molar-refractivity contribution in [3.05, 3.63) is 75.7 Å². The van der Waals surface area contributed by atoms with Gasteiger partial charge in [0.15, 0.2) is 6.61 Å². The molecule has 0 radical (unpaired) electrons. The molecular weight excluding hydrogens is 520 g/mol. The Morgan fingerprint density at radius 2 is 1.67 bits per heavy atom. The Balaban J connectivity index is 1.13. The van der Waals surface area contributed by atoms with E-state index in [9.17, 15) is 9.59 Å². The molecule has 0 atom stereocenters. The highest BCUT2D eigenvalue weighted by molar-refractivity contribution is 6.30. The van der Waals surface area contributed by atoms with E-state index in [0.29, 0.717) is 49.4 Å². The van der Waals surface area contributed by atoms with Gasteiger partial charge in [0.05, 0.1) is 18.5 Å². The minimum absolute atomic E-state index is 0.00589. The highest BCUT2D eigenvalue weighted by Gasteiger charge is 2.24. The van der Waals surface area contributed by atoms with Gasteiger partial charge >= 0.3 is 0 Å². The molecule has 0 bridgehead atoms. The van der Waals surface area contributed by atoms with E-state index in [4.69, 9.17) is 26.1 Å². The van der Waals surface area contributed by atoms with Crippen LogP contribution in [0.1, 0.15) is 5.69 Å². The number of H-pyrrole nitrogens is 1. The number of nitrogens with zero attached hydrogens (tertiary/aromatic N) is 5. The number of halogens is 1. The molecule has 5 rings (SSSR count). The van der Waals surface area contributed by atoms with Gasteiger partial charge in [-0.25, -0.2) is 4.98 Å². The number of aromatic amines is 1. The summed E-state index contributed by atoms with van der Waals surface area (Å²) in [6.07, 6.45) is 0. The first-order chi connectivity index (χ1) is 19.0. The van der Waals surface area contributed by atoms with E-state index in [0.717, 1.165) is 43.3 Å². The van der Waals surface area contributed by atoms with Gasteiger partial charge in [0.25, 0.3) is 11.5 Å². The van der Waals surface area contributed by atoms with Crippen LogP contribution in [-0.2, 0) is 11.3 Å². The average molecular weight is 553 g/mol. The summed E-state index contributed by atoms with van der Waals surface area (Å²) in [6.45, 7) is 6.13. The van der Waals surface area contributed by atoms with Crippen LogP contribution in [0.15, 0.2) is 59.4 Å². The number of piperazine rings is 2. The number of hydrogen-bond acceptors (Lipinski definition) is 8. The third-order valence-corrected chi connectivity index (χ3v) is 7.29. The SMILES string of the molecule is COc1ccc(Cl)cc1N1CCN(Cc2cc(=O)[nH]c(N3CCN(C(=O)COc4ccccc4)CC3)n2)CC1. The lowest BCUT2D eigenvalue weighted by Gasteiger charge is -2.37. The van der Waals surface area contributed by atoms with Crippen molar-refractivity contribution < 1.29 is 14.3 Å². The number of nitrogens with one attached hydrogen (secondary N) is 1. The fraction of sp³-hybridized carbons (Fsp3) is 0.393. The summed E-state index contributed by atoms with van der Waals surface area (Å²) in [5, 5.41) is 0.680. The minimum atomic E-state index is -0.174. The van der Waals surface area contributed by atoms with E-state index >= 15 is 0 Å². The third kappa shape index (κ3) is 6.82. The Kier molecular flexibility index (Phi) is 8.53. The van der Waals surface area contributed by atoms with E-state index in [1.165, 1.54) is 0 Å². The molecule has 2 fully saturated rings. The number of aromatic nitrogens is 2. The van der Waals surface area contributed by atoms with E-state index in [2.05, 4.69) is 14.8 Å². The van der Waals surface area contributed by atoms with Crippen molar-refractivity contribution in [3.8, 4) is 11.5 Å². The Labute approximate surface area is 232 Å². The van der Waals surface area contributed by atoms with Gasteiger partial charge in [-0.3, -0.25) is 19.5 Å². The van der Waals surface area contributed by atoms with Crippen molar-refractivity contribution in [1.82, 2.24) is 19.8 Å². The summed E-state index contributed by atoms with van der Waals surface area (Å²) in [5.74, 6) is 1.98. The van der Waals surface area contributed by atoms with Gasteiger partial charge in [0, 0.05) is 70.0 Å². The maximum Gasteiger partial charge on any atom is 0.260 e. The number of rotatable bonds is 8. The molecule has 39 heavy (non-hydrogen) atoms. The fourth-order valence-electron chi connectivity index (χ4n) is 4.93. The molecule has 206 valence electrons. The summed E-state index contributed by atoms with van der Waals surface area (Å²) < 4.78 is 11.1. The fourth-order valence-corrected chi connectivity index (χ4v) is 5.10. The van der Waals surface area contributed by atoms with Gasteiger partial charge in [-0.1, -0.05) is 29.8 Å². The maximum absolute atomic E-state index is 12.6. The van der Waals surface area contributed by atoms with Crippen LogP contribution in [0, 0.1) is 0 Å². The molecule has 10 nitrogen and oxygen atoms in total. The molecule has 3 heterocycles. The number of methoxy groups -OCH3 is 1. The second-order valence-electron chi connectivity index (χ2n) is 9.61. The summed E-state index contributed by atoms with van der Waals surface area (Å²) in [4.78, 5) is 41.1. The Morgan fingerprint density at radius 1 is 0.949 bits per heavy atom. The lowest BCUT2D eigenvalue weighted by Crippen LogP contribution is -2.50. The van der Waals surface area contributed by atoms with Crippen molar-refractivity contribution in [2.24, 2.45) is 0 Å². The minimum Gasteiger partial charge on any atom is -0.495 e. The molecule has 1 N–H and O–H groups in total. The lowest BCUT2D eigenvalue weighted by atomic mass is 10.2. The van der Waals surface area contributed by atoms with Crippen molar-refractivity contribution in [1.29, 1.82) is 0 Å². The van der Waals surface area contributed by atoms with Gasteiger partial charge in [-0.15, -0.1) is 0 Å². The van der Waals surface area contributed by atoms with Crippen LogP contribution < -0.4 is 24.8 Å². The van der Waals surface area contributed by atoms with Crippen LogP contribution in [0.25, 0.3) is 0 Å². The molecule has 3 aromatic rings. The van der Waals surface area contributed by atoms with Crippen molar-refractivity contribution in [2.45, 2.75) is 6.54 Å². The highest BCUT2D eigenvalue weighted by Crippen LogP contribution is 2.32. The average Bonchev–Trinajstić information content (AvgIpc) is 2.96. The van der Waals surface area contributed by atoms with E-state index in [1.807, 2.05) is 53.4 Å². The van der Waals surface area contributed by atoms with Crippen LogP contribution in [0.3, 0.4) is 0 Å². The number of carbonyl (C=O) groups is 1. The molecule has 2 aromatic carbocycles. The molecule has 2 saturated heterocycles. The Hall–Kier alpha value is -3.76. The predicted octanol–water partition coefficient (Wildman–Crippen LogP) is 2.48. The predicted molar refractivity (Wildman–Crippen MR) is 151 cm³/mol. The molecule has 1 aromatic heterocycles. The number of anilines is 2. The molecular formula is C28H33ClN6O4. The van der Waals surface area contributed by atoms with Gasteiger partial charge in [0.2, 0.25) is 5.95 Å². The quantitative estimate of drug-likeness (QED) is 0.455. The van der Waals surface area contributed by atoms with E-state index < -0.39 is 0 Å². The molecule has 11 heteroatoms. The van der Waals surface area contributed by atoms with Crippen LogP contribution >= 0.6 is 11.6 Å². The third-order valence-electron chi connectivity index (χ3n) is 7.06. The number of para-hydroxylation sites is 1. The maximum atomic E-state index is 12.6. The topological polar surface area (TPSA) is 94.2 Å². The van der Waals surface area contributed by atoms with Gasteiger partial charge < -0.3 is 24.2 Å². The first-order valence-electron chi connectivity index (χ1n) is 13.1. The van der Waals surface area contributed by atoms with Crippen molar-refractivity contribution >= 4 is 29.1 Å². The van der Waals surface area contributed by atoms with Gasteiger partial charge in [0.1, 0.15) is 11.5 Å². The van der Waals surface area contributed by atoms with Gasteiger partial charge in [-0.2, -0.15) is 0 Å². The number of benzene rings is 2. The second-order valence-corrected chi connectivity index (χ2v) is 10.0. The number of ether oxygens (including phenoxy) is 2. The summed E-state index contributed by atoms with van der Waals surface area (Å²) in [7, 11) is 1.66. The monoisotopic (exact) mass is 552 g/mol. The summed E-state index contributed by atoms with van der Waals surface area (Å²) in [5.41, 5.74) is 1.55. The van der Waals surface area contributed by atoms with Gasteiger partial charge in [-0.05, 0) is 30.3 Å². The van der Waals surface area contributed by atoms with Crippen LogP contribution in [0.2, 0.25) is 5.02 Å². The van der Waals surface area contributed by atoms with Crippen LogP contribution in [0.4, 0.5) is 11.6 Å². The number of hydrogen-bond donors (Lipinski definition) is 1.